The molecular formula is C8H12N4O. The monoisotopic (exact) mass is 181 g/mol. The van der Waals surface area contributed by atoms with Gasteiger partial charge in [0.1, 0.15) is 0 Å². The van der Waals surface area contributed by atoms with Crippen LogP contribution in [0.2, 0.25) is 0 Å². The van der Waals surface area contributed by atoms with Crippen LogP contribution >= 0.6 is 0 Å². The lowest BCUT2D eigenvalue weighted by molar-refractivity contribution is 0.348. The van der Waals surface area contributed by atoms with Gasteiger partial charge in [0.2, 0.25) is 5.89 Å². The zero-order valence-electron chi connectivity index (χ0n) is 8.40. The second kappa shape index (κ2) is 3.55. The van der Waals surface area contributed by atoms with Crippen molar-refractivity contribution in [2.75, 3.05) is 13.1 Å². The molecule has 0 saturated heterocycles. The molecule has 0 aliphatic carbocycles. The number of aryl methyl sites for hydroxylation is 1. The maximum atomic E-state index is 7.42. The van der Waals surface area contributed by atoms with E-state index in [4.69, 9.17) is 5.89 Å². The maximum absolute atomic E-state index is 7.42. The highest BCUT2D eigenvalue weighted by atomic mass is 16.5. The van der Waals surface area contributed by atoms with E-state index in [1.165, 1.54) is 0 Å². The Bertz CT molecular complexity index is 336. The minimum absolute atomic E-state index is 0.139. The SMILES string of the molecule is [2H]C(C)c1noc(C2CN=CNC2)n1. The van der Waals surface area contributed by atoms with Gasteiger partial charge >= 0.3 is 0 Å². The van der Waals surface area contributed by atoms with Crippen molar-refractivity contribution in [3.63, 3.8) is 0 Å². The molecule has 1 aliphatic rings. The van der Waals surface area contributed by atoms with Crippen LogP contribution in [0.25, 0.3) is 0 Å². The molecule has 0 radical (unpaired) electrons. The topological polar surface area (TPSA) is 63.3 Å². The molecule has 1 aliphatic heterocycles. The Morgan fingerprint density at radius 1 is 1.85 bits per heavy atom. The summed E-state index contributed by atoms with van der Waals surface area (Å²) < 4.78 is 12.5. The summed E-state index contributed by atoms with van der Waals surface area (Å²) in [5.74, 6) is 1.15. The second-order valence-electron chi connectivity index (χ2n) is 2.88. The molecule has 0 aromatic carbocycles. The molecule has 2 unspecified atom stereocenters. The first-order valence-electron chi connectivity index (χ1n) is 4.82. The third-order valence-electron chi connectivity index (χ3n) is 1.94. The van der Waals surface area contributed by atoms with E-state index in [1.807, 2.05) is 0 Å². The van der Waals surface area contributed by atoms with E-state index in [2.05, 4.69) is 20.4 Å². The largest absolute Gasteiger partial charge is 0.376 e. The van der Waals surface area contributed by atoms with Gasteiger partial charge in [0.25, 0.3) is 0 Å². The number of aromatic nitrogens is 2. The van der Waals surface area contributed by atoms with Crippen LogP contribution in [0.1, 0.15) is 25.9 Å². The van der Waals surface area contributed by atoms with E-state index in [-0.39, 0.29) is 5.92 Å². The standard InChI is InChI=1S/C8H12N4O/c1-2-7-11-8(13-12-7)6-3-9-5-10-4-6/h5-6H,2-4H2,1H3,(H,9,10)/i2D. The summed E-state index contributed by atoms with van der Waals surface area (Å²) in [5, 5.41) is 6.74. The van der Waals surface area contributed by atoms with Crippen LogP contribution in [0, 0.1) is 0 Å². The van der Waals surface area contributed by atoms with Crippen molar-refractivity contribution < 1.29 is 5.89 Å². The highest BCUT2D eigenvalue weighted by molar-refractivity contribution is 5.55. The van der Waals surface area contributed by atoms with Gasteiger partial charge in [0, 0.05) is 14.3 Å². The van der Waals surface area contributed by atoms with E-state index in [0.29, 0.717) is 18.3 Å². The molecule has 1 aromatic rings. The van der Waals surface area contributed by atoms with Gasteiger partial charge < -0.3 is 9.84 Å². The summed E-state index contributed by atoms with van der Waals surface area (Å²) in [7, 11) is 0. The first kappa shape index (κ1) is 7.06. The summed E-state index contributed by atoms with van der Waals surface area (Å²) >= 11 is 0. The number of hydrogen-bond donors (Lipinski definition) is 1. The van der Waals surface area contributed by atoms with Gasteiger partial charge in [-0.2, -0.15) is 4.98 Å². The highest BCUT2D eigenvalue weighted by Gasteiger charge is 2.19. The van der Waals surface area contributed by atoms with Gasteiger partial charge in [-0.3, -0.25) is 4.99 Å². The van der Waals surface area contributed by atoms with Crippen LogP contribution < -0.4 is 5.32 Å². The number of nitrogens with zero attached hydrogens (tertiary/aromatic N) is 3. The smallest absolute Gasteiger partial charge is 0.233 e. The summed E-state index contributed by atoms with van der Waals surface area (Å²) in [6, 6.07) is 0. The minimum Gasteiger partial charge on any atom is -0.376 e. The average Bonchev–Trinajstić information content (AvgIpc) is 2.68. The van der Waals surface area contributed by atoms with Gasteiger partial charge in [0.05, 0.1) is 18.8 Å². The van der Waals surface area contributed by atoms with E-state index < -0.39 is 6.40 Å². The lowest BCUT2D eigenvalue weighted by Gasteiger charge is -2.13. The van der Waals surface area contributed by atoms with Crippen molar-refractivity contribution in [1.29, 1.82) is 0 Å². The molecule has 0 bridgehead atoms. The Hall–Kier alpha value is -1.39. The molecule has 5 nitrogen and oxygen atoms in total. The Balaban J connectivity index is 2.12. The van der Waals surface area contributed by atoms with E-state index in [1.54, 1.807) is 13.3 Å². The highest BCUT2D eigenvalue weighted by Crippen LogP contribution is 2.14. The third-order valence-corrected chi connectivity index (χ3v) is 1.94. The van der Waals surface area contributed by atoms with Crippen molar-refractivity contribution in [3.05, 3.63) is 11.7 Å². The molecule has 2 heterocycles. The zero-order valence-corrected chi connectivity index (χ0v) is 7.40. The maximum Gasteiger partial charge on any atom is 0.233 e. The molecule has 1 N–H and O–H groups in total. The molecule has 1 aromatic heterocycles. The van der Waals surface area contributed by atoms with Crippen LogP contribution in [0.5, 0.6) is 0 Å². The first-order chi connectivity index (χ1) is 6.77. The number of nitrogens with one attached hydrogen (secondary N) is 1. The van der Waals surface area contributed by atoms with Crippen molar-refractivity contribution in [1.82, 2.24) is 15.5 Å². The molecule has 5 heteroatoms. The summed E-state index contributed by atoms with van der Waals surface area (Å²) in [4.78, 5) is 8.23. The van der Waals surface area contributed by atoms with Crippen LogP contribution in [0.4, 0.5) is 0 Å². The minimum atomic E-state index is -0.437. The second-order valence-corrected chi connectivity index (χ2v) is 2.88. The molecule has 2 rings (SSSR count). The summed E-state index contributed by atoms with van der Waals surface area (Å²) in [6.45, 7) is 3.14. The predicted molar refractivity (Wildman–Crippen MR) is 47.8 cm³/mol. The predicted octanol–water partition coefficient (Wildman–Crippen LogP) is 0.347. The number of aliphatic imine (C=N–C) groups is 1. The van der Waals surface area contributed by atoms with Crippen LogP contribution in [0.15, 0.2) is 9.52 Å². The van der Waals surface area contributed by atoms with Gasteiger partial charge in [0.15, 0.2) is 5.82 Å². The lowest BCUT2D eigenvalue weighted by Crippen LogP contribution is -2.27. The van der Waals surface area contributed by atoms with Crippen molar-refractivity contribution in [3.8, 4) is 0 Å². The normalized spacial score (nSPS) is 25.0. The van der Waals surface area contributed by atoms with Crippen LogP contribution in [0.3, 0.4) is 0 Å². The Kier molecular flexibility index (Phi) is 1.93. The molecule has 13 heavy (non-hydrogen) atoms. The van der Waals surface area contributed by atoms with Gasteiger partial charge in [-0.15, -0.1) is 0 Å². The van der Waals surface area contributed by atoms with Crippen LogP contribution in [-0.2, 0) is 6.40 Å². The molecule has 0 spiro atoms. The summed E-state index contributed by atoms with van der Waals surface area (Å²) in [6.07, 6.45) is 1.24. The first-order valence-corrected chi connectivity index (χ1v) is 4.25. The molecule has 0 fully saturated rings. The summed E-state index contributed by atoms with van der Waals surface area (Å²) in [5.41, 5.74) is 0. The fourth-order valence-corrected chi connectivity index (χ4v) is 1.20. The van der Waals surface area contributed by atoms with Crippen LogP contribution in [-0.4, -0.2) is 29.6 Å². The fraction of sp³-hybridized carbons (Fsp3) is 0.625. The molecule has 0 amide bonds. The zero-order chi connectivity index (χ0) is 9.97. The van der Waals surface area contributed by atoms with Gasteiger partial charge in [-0.05, 0) is 0 Å². The molecular weight excluding hydrogens is 168 g/mol. The average molecular weight is 181 g/mol. The molecule has 70 valence electrons. The fourth-order valence-electron chi connectivity index (χ4n) is 1.20. The van der Waals surface area contributed by atoms with E-state index in [0.717, 1.165) is 6.54 Å². The van der Waals surface area contributed by atoms with Gasteiger partial charge in [-0.25, -0.2) is 0 Å². The number of hydrogen-bond acceptors (Lipinski definition) is 5. The lowest BCUT2D eigenvalue weighted by atomic mass is 10.1. The van der Waals surface area contributed by atoms with Crippen molar-refractivity contribution in [2.45, 2.75) is 19.2 Å². The number of rotatable bonds is 2. The Labute approximate surface area is 77.7 Å². The third kappa shape index (κ3) is 1.68. The quantitative estimate of drug-likeness (QED) is 0.715. The molecule has 0 saturated carbocycles. The van der Waals surface area contributed by atoms with E-state index >= 15 is 0 Å². The van der Waals surface area contributed by atoms with E-state index in [9.17, 15) is 0 Å². The molecule has 2 atom stereocenters. The van der Waals surface area contributed by atoms with Crippen molar-refractivity contribution in [2.24, 2.45) is 4.99 Å². The Morgan fingerprint density at radius 2 is 2.77 bits per heavy atom. The Morgan fingerprint density at radius 3 is 3.38 bits per heavy atom. The van der Waals surface area contributed by atoms with Gasteiger partial charge in [-0.1, -0.05) is 12.1 Å². The van der Waals surface area contributed by atoms with Crippen molar-refractivity contribution >= 4 is 6.34 Å².